The van der Waals surface area contributed by atoms with Crippen molar-refractivity contribution in [2.75, 3.05) is 11.9 Å². The minimum absolute atomic E-state index is 0.0139. The number of carbonyl (C=O) groups is 2. The quantitative estimate of drug-likeness (QED) is 0.768. The number of anilines is 1. The van der Waals surface area contributed by atoms with Crippen molar-refractivity contribution < 1.29 is 9.59 Å². The highest BCUT2D eigenvalue weighted by Gasteiger charge is 2.27. The fourth-order valence-electron chi connectivity index (χ4n) is 3.10. The Balaban J connectivity index is 1.59. The van der Waals surface area contributed by atoms with Gasteiger partial charge >= 0.3 is 0 Å². The van der Waals surface area contributed by atoms with Crippen LogP contribution in [-0.4, -0.2) is 23.3 Å². The molecule has 130 valence electrons. The summed E-state index contributed by atoms with van der Waals surface area (Å²) in [4.78, 5) is 27.8. The van der Waals surface area contributed by atoms with Crippen molar-refractivity contribution in [3.05, 3.63) is 64.9 Å². The Hall–Kier alpha value is -2.40. The summed E-state index contributed by atoms with van der Waals surface area (Å²) in [5.74, 6) is -0.0637. The highest BCUT2D eigenvalue weighted by molar-refractivity contribution is 7.09. The van der Waals surface area contributed by atoms with Gasteiger partial charge in [0.2, 0.25) is 11.8 Å². The minimum atomic E-state index is -0.147. The van der Waals surface area contributed by atoms with Crippen LogP contribution in [0.15, 0.2) is 54.4 Å². The molecule has 1 unspecified atom stereocenters. The summed E-state index contributed by atoms with van der Waals surface area (Å²) < 4.78 is 0. The van der Waals surface area contributed by atoms with Crippen LogP contribution in [0.3, 0.4) is 0 Å². The monoisotopic (exact) mass is 354 g/mol. The second-order valence-corrected chi connectivity index (χ2v) is 7.26. The molecular weight excluding hydrogens is 332 g/mol. The molecule has 2 heterocycles. The van der Waals surface area contributed by atoms with Gasteiger partial charge in [0.15, 0.2) is 0 Å². The molecule has 1 aliphatic rings. The molecule has 2 aromatic rings. The zero-order chi connectivity index (χ0) is 17.6. The van der Waals surface area contributed by atoms with Crippen molar-refractivity contribution >= 4 is 28.8 Å². The number of nitrogens with one attached hydrogen (secondary N) is 1. The van der Waals surface area contributed by atoms with Crippen molar-refractivity contribution in [1.82, 2.24) is 4.90 Å². The average molecular weight is 354 g/mol. The van der Waals surface area contributed by atoms with E-state index in [-0.39, 0.29) is 17.7 Å². The van der Waals surface area contributed by atoms with Crippen molar-refractivity contribution in [2.24, 2.45) is 5.92 Å². The molecule has 1 aliphatic heterocycles. The number of carbonyl (C=O) groups excluding carboxylic acids is 2. The number of amides is 2. The normalized spacial score (nSPS) is 16.0. The van der Waals surface area contributed by atoms with Gasteiger partial charge in [-0.15, -0.1) is 17.9 Å². The fraction of sp³-hybridized carbons (Fsp3) is 0.300. The van der Waals surface area contributed by atoms with Crippen molar-refractivity contribution in [2.45, 2.75) is 25.8 Å². The van der Waals surface area contributed by atoms with Gasteiger partial charge in [-0.3, -0.25) is 9.59 Å². The molecule has 0 bridgehead atoms. The Morgan fingerprint density at radius 2 is 2.16 bits per heavy atom. The minimum Gasteiger partial charge on any atom is -0.334 e. The number of para-hydroxylation sites is 1. The van der Waals surface area contributed by atoms with E-state index < -0.39 is 0 Å². The summed E-state index contributed by atoms with van der Waals surface area (Å²) in [6.45, 7) is 4.87. The number of fused-ring (bicyclic) bond motifs is 1. The van der Waals surface area contributed by atoms with Crippen LogP contribution in [0.2, 0.25) is 0 Å². The molecule has 25 heavy (non-hydrogen) atoms. The Morgan fingerprint density at radius 1 is 1.32 bits per heavy atom. The van der Waals surface area contributed by atoms with E-state index in [1.807, 2.05) is 41.8 Å². The molecule has 1 atom stereocenters. The maximum absolute atomic E-state index is 12.6. The molecular formula is C20H22N2O2S. The number of rotatable bonds is 7. The van der Waals surface area contributed by atoms with E-state index in [9.17, 15) is 9.59 Å². The number of hydrogen-bond donors (Lipinski definition) is 1. The van der Waals surface area contributed by atoms with E-state index >= 15 is 0 Å². The standard InChI is InChI=1S/C20H22N2O2S/c1-2-11-22(14-17-7-5-12-25-17)19(23)10-9-16-13-15-6-3-4-8-18(15)21-20(16)24/h2-8,12,16H,1,9-11,13-14H2,(H,21,24). The first-order valence-electron chi connectivity index (χ1n) is 8.47. The molecule has 0 spiro atoms. The molecule has 1 aromatic heterocycles. The lowest BCUT2D eigenvalue weighted by Gasteiger charge is -2.26. The molecule has 1 N–H and O–H groups in total. The van der Waals surface area contributed by atoms with Gasteiger partial charge in [-0.25, -0.2) is 0 Å². The van der Waals surface area contributed by atoms with Gasteiger partial charge in [0, 0.05) is 29.4 Å². The summed E-state index contributed by atoms with van der Waals surface area (Å²) in [7, 11) is 0. The van der Waals surface area contributed by atoms with E-state index in [1.54, 1.807) is 22.3 Å². The van der Waals surface area contributed by atoms with Crippen LogP contribution in [0, 0.1) is 5.92 Å². The lowest BCUT2D eigenvalue weighted by atomic mass is 9.89. The van der Waals surface area contributed by atoms with Crippen LogP contribution in [-0.2, 0) is 22.6 Å². The number of thiophene rings is 1. The molecule has 2 amide bonds. The number of nitrogens with zero attached hydrogens (tertiary/aromatic N) is 1. The van der Waals surface area contributed by atoms with Crippen molar-refractivity contribution in [1.29, 1.82) is 0 Å². The maximum Gasteiger partial charge on any atom is 0.227 e. The third-order valence-corrected chi connectivity index (χ3v) is 5.31. The van der Waals surface area contributed by atoms with Gasteiger partial charge in [-0.05, 0) is 35.9 Å². The van der Waals surface area contributed by atoms with Crippen LogP contribution < -0.4 is 5.32 Å². The number of hydrogen-bond acceptors (Lipinski definition) is 3. The van der Waals surface area contributed by atoms with Gasteiger partial charge in [-0.2, -0.15) is 0 Å². The second-order valence-electron chi connectivity index (χ2n) is 6.23. The van der Waals surface area contributed by atoms with Crippen LogP contribution in [0.1, 0.15) is 23.3 Å². The predicted octanol–water partition coefficient (Wildman–Crippen LogP) is 3.85. The van der Waals surface area contributed by atoms with Crippen molar-refractivity contribution in [3.8, 4) is 0 Å². The fourth-order valence-corrected chi connectivity index (χ4v) is 3.82. The molecule has 0 saturated carbocycles. The molecule has 0 aliphatic carbocycles. The van der Waals surface area contributed by atoms with E-state index in [0.717, 1.165) is 16.1 Å². The summed E-state index contributed by atoms with van der Waals surface area (Å²) in [5, 5.41) is 4.96. The Kier molecular flexibility index (Phi) is 5.66. The molecule has 0 radical (unpaired) electrons. The maximum atomic E-state index is 12.6. The van der Waals surface area contributed by atoms with Crippen LogP contribution in [0.4, 0.5) is 5.69 Å². The van der Waals surface area contributed by atoms with Gasteiger partial charge in [-0.1, -0.05) is 30.3 Å². The summed E-state index contributed by atoms with van der Waals surface area (Å²) in [5.41, 5.74) is 2.03. The summed E-state index contributed by atoms with van der Waals surface area (Å²) >= 11 is 1.64. The highest BCUT2D eigenvalue weighted by Crippen LogP contribution is 2.27. The highest BCUT2D eigenvalue weighted by atomic mass is 32.1. The van der Waals surface area contributed by atoms with E-state index in [2.05, 4.69) is 11.9 Å². The van der Waals surface area contributed by atoms with Gasteiger partial charge in [0.1, 0.15) is 0 Å². The van der Waals surface area contributed by atoms with Crippen LogP contribution in [0.5, 0.6) is 0 Å². The topological polar surface area (TPSA) is 49.4 Å². The van der Waals surface area contributed by atoms with Crippen LogP contribution >= 0.6 is 11.3 Å². The molecule has 4 nitrogen and oxygen atoms in total. The third kappa shape index (κ3) is 4.37. The van der Waals surface area contributed by atoms with Gasteiger partial charge in [0.25, 0.3) is 0 Å². The summed E-state index contributed by atoms with van der Waals surface area (Å²) in [6, 6.07) is 11.9. The molecule has 0 saturated heterocycles. The van der Waals surface area contributed by atoms with Crippen LogP contribution in [0.25, 0.3) is 0 Å². The van der Waals surface area contributed by atoms with Gasteiger partial charge < -0.3 is 10.2 Å². The number of benzene rings is 1. The first-order valence-corrected chi connectivity index (χ1v) is 9.35. The molecule has 3 rings (SSSR count). The Bertz CT molecular complexity index is 755. The largest absolute Gasteiger partial charge is 0.334 e. The first kappa shape index (κ1) is 17.4. The Morgan fingerprint density at radius 3 is 2.92 bits per heavy atom. The molecule has 5 heteroatoms. The van der Waals surface area contributed by atoms with E-state index in [0.29, 0.717) is 32.4 Å². The Labute approximate surface area is 152 Å². The zero-order valence-corrected chi connectivity index (χ0v) is 14.9. The van der Waals surface area contributed by atoms with Crippen molar-refractivity contribution in [3.63, 3.8) is 0 Å². The first-order chi connectivity index (χ1) is 12.2. The predicted molar refractivity (Wildman–Crippen MR) is 101 cm³/mol. The van der Waals surface area contributed by atoms with Gasteiger partial charge in [0.05, 0.1) is 6.54 Å². The molecule has 0 fully saturated rings. The lowest BCUT2D eigenvalue weighted by molar-refractivity contribution is -0.131. The van der Waals surface area contributed by atoms with E-state index in [4.69, 9.17) is 0 Å². The second kappa shape index (κ2) is 8.12. The zero-order valence-electron chi connectivity index (χ0n) is 14.1. The average Bonchev–Trinajstić information content (AvgIpc) is 3.12. The molecule has 1 aromatic carbocycles. The summed E-state index contributed by atoms with van der Waals surface area (Å²) in [6.07, 6.45) is 3.38. The van der Waals surface area contributed by atoms with E-state index in [1.165, 1.54) is 0 Å². The smallest absolute Gasteiger partial charge is 0.227 e. The lowest BCUT2D eigenvalue weighted by Crippen LogP contribution is -2.33. The third-order valence-electron chi connectivity index (χ3n) is 4.45. The SMILES string of the molecule is C=CCN(Cc1cccs1)C(=O)CCC1Cc2ccccc2NC1=O.